The normalized spacial score (nSPS) is 17.8. The predicted octanol–water partition coefficient (Wildman–Crippen LogP) is 3.16. The van der Waals surface area contributed by atoms with Gasteiger partial charge in [-0.2, -0.15) is 0 Å². The molecule has 1 aromatic carbocycles. The molecule has 2 aromatic rings. The van der Waals surface area contributed by atoms with Crippen molar-refractivity contribution in [3.8, 4) is 0 Å². The summed E-state index contributed by atoms with van der Waals surface area (Å²) >= 11 is 2.86. The van der Waals surface area contributed by atoms with E-state index < -0.39 is 10.0 Å². The van der Waals surface area contributed by atoms with Crippen LogP contribution in [-0.4, -0.2) is 67.0 Å². The second-order valence-corrected chi connectivity index (χ2v) is 12.0. The Labute approximate surface area is 196 Å². The molecule has 11 heteroatoms. The van der Waals surface area contributed by atoms with Crippen molar-refractivity contribution in [2.24, 2.45) is 4.99 Å². The lowest BCUT2D eigenvalue weighted by Gasteiger charge is -2.16. The number of hydrogen-bond acceptors (Lipinski definition) is 7. The molecule has 0 aliphatic carbocycles. The highest BCUT2D eigenvalue weighted by atomic mass is 32.2. The van der Waals surface area contributed by atoms with Crippen LogP contribution in [-0.2, 0) is 14.8 Å². The van der Waals surface area contributed by atoms with E-state index in [4.69, 9.17) is 0 Å². The zero-order valence-electron chi connectivity index (χ0n) is 18.1. The van der Waals surface area contributed by atoms with Gasteiger partial charge in [-0.05, 0) is 36.1 Å². The average Bonchev–Trinajstić information content (AvgIpc) is 3.41. The molecule has 1 saturated heterocycles. The molecule has 2 heterocycles. The molecule has 1 unspecified atom stereocenters. The van der Waals surface area contributed by atoms with Crippen molar-refractivity contribution >= 4 is 55.8 Å². The van der Waals surface area contributed by atoms with E-state index in [-0.39, 0.29) is 28.4 Å². The molecule has 2 amide bonds. The molecule has 0 saturated carbocycles. The Morgan fingerprint density at radius 1 is 1.25 bits per heavy atom. The van der Waals surface area contributed by atoms with E-state index in [1.54, 1.807) is 23.1 Å². The number of rotatable bonds is 8. The highest BCUT2D eigenvalue weighted by Crippen LogP contribution is 2.30. The summed E-state index contributed by atoms with van der Waals surface area (Å²) in [7, 11) is -0.613. The summed E-state index contributed by atoms with van der Waals surface area (Å²) in [6.07, 6.45) is 0.807. The molecule has 32 heavy (non-hydrogen) atoms. The van der Waals surface area contributed by atoms with Gasteiger partial charge in [0.05, 0.1) is 15.5 Å². The number of carbonyl (C=O) groups excluding carboxylic acids is 2. The van der Waals surface area contributed by atoms with Crippen molar-refractivity contribution < 1.29 is 18.0 Å². The Hall–Kier alpha value is -2.21. The molecule has 1 aliphatic rings. The summed E-state index contributed by atoms with van der Waals surface area (Å²) < 4.78 is 25.9. The molecule has 0 bridgehead atoms. The fraction of sp³-hybridized carbons (Fsp3) is 0.381. The highest BCUT2D eigenvalue weighted by molar-refractivity contribution is 8.14. The number of nitrogens with one attached hydrogen (secondary N) is 1. The van der Waals surface area contributed by atoms with Gasteiger partial charge in [-0.3, -0.25) is 14.5 Å². The number of amidine groups is 1. The van der Waals surface area contributed by atoms with E-state index in [0.29, 0.717) is 35.2 Å². The fourth-order valence-electron chi connectivity index (χ4n) is 3.02. The molecule has 0 radical (unpaired) electrons. The van der Waals surface area contributed by atoms with Crippen LogP contribution in [0.1, 0.15) is 29.4 Å². The SMILES string of the molecule is CC1CN(C(=O)CCCNC(=O)c2cccs2)C(=Nc2cccc(S(=O)(=O)N(C)C)c2)S1. The summed E-state index contributed by atoms with van der Waals surface area (Å²) in [4.78, 5) is 31.8. The maximum atomic E-state index is 12.8. The van der Waals surface area contributed by atoms with Gasteiger partial charge in [0.15, 0.2) is 5.17 Å². The van der Waals surface area contributed by atoms with Crippen LogP contribution in [0.3, 0.4) is 0 Å². The van der Waals surface area contributed by atoms with Gasteiger partial charge >= 0.3 is 0 Å². The number of hydrogen-bond donors (Lipinski definition) is 1. The average molecular weight is 495 g/mol. The van der Waals surface area contributed by atoms with Crippen molar-refractivity contribution in [2.75, 3.05) is 27.2 Å². The van der Waals surface area contributed by atoms with Crippen molar-refractivity contribution in [2.45, 2.75) is 29.9 Å². The zero-order chi connectivity index (χ0) is 23.3. The lowest BCUT2D eigenvalue weighted by molar-refractivity contribution is -0.127. The Bertz CT molecular complexity index is 1100. The number of nitrogens with zero attached hydrogens (tertiary/aromatic N) is 3. The molecule has 1 aromatic heterocycles. The summed E-state index contributed by atoms with van der Waals surface area (Å²) in [5.41, 5.74) is 0.477. The van der Waals surface area contributed by atoms with Crippen molar-refractivity contribution in [3.05, 3.63) is 46.7 Å². The molecule has 8 nitrogen and oxygen atoms in total. The zero-order valence-corrected chi connectivity index (χ0v) is 20.6. The number of thioether (sulfide) groups is 1. The van der Waals surface area contributed by atoms with Crippen LogP contribution < -0.4 is 5.32 Å². The lowest BCUT2D eigenvalue weighted by Crippen LogP contribution is -2.33. The van der Waals surface area contributed by atoms with E-state index in [1.165, 1.54) is 49.3 Å². The van der Waals surface area contributed by atoms with Crippen LogP contribution in [0.15, 0.2) is 51.7 Å². The number of sulfonamides is 1. The first-order valence-electron chi connectivity index (χ1n) is 10.1. The maximum absolute atomic E-state index is 12.8. The van der Waals surface area contributed by atoms with Gasteiger partial charge in [0.2, 0.25) is 15.9 Å². The summed E-state index contributed by atoms with van der Waals surface area (Å²) in [6.45, 7) is 2.97. The Morgan fingerprint density at radius 2 is 2.03 bits per heavy atom. The molecule has 1 N–H and O–H groups in total. The minimum Gasteiger partial charge on any atom is -0.351 e. The molecular weight excluding hydrogens is 468 g/mol. The Morgan fingerprint density at radius 3 is 2.72 bits per heavy atom. The van der Waals surface area contributed by atoms with E-state index in [9.17, 15) is 18.0 Å². The first kappa shape index (κ1) is 24.4. The third-order valence-electron chi connectivity index (χ3n) is 4.70. The molecule has 1 atom stereocenters. The second kappa shape index (κ2) is 10.6. The van der Waals surface area contributed by atoms with Crippen molar-refractivity contribution in [1.29, 1.82) is 0 Å². The lowest BCUT2D eigenvalue weighted by atomic mass is 10.2. The summed E-state index contributed by atoms with van der Waals surface area (Å²) in [5, 5.41) is 5.41. The number of carbonyl (C=O) groups is 2. The predicted molar refractivity (Wildman–Crippen MR) is 129 cm³/mol. The molecule has 0 spiro atoms. The molecule has 3 rings (SSSR count). The van der Waals surface area contributed by atoms with E-state index in [2.05, 4.69) is 10.3 Å². The monoisotopic (exact) mass is 494 g/mol. The number of thiophene rings is 1. The minimum absolute atomic E-state index is 0.0666. The number of aliphatic imine (C=N–C) groups is 1. The molecule has 172 valence electrons. The number of amides is 2. The highest BCUT2D eigenvalue weighted by Gasteiger charge is 2.30. The Balaban J connectivity index is 1.64. The fourth-order valence-corrected chi connectivity index (χ4v) is 5.64. The molecular formula is C21H26N4O4S3. The van der Waals surface area contributed by atoms with E-state index >= 15 is 0 Å². The smallest absolute Gasteiger partial charge is 0.261 e. The van der Waals surface area contributed by atoms with Crippen molar-refractivity contribution in [3.63, 3.8) is 0 Å². The van der Waals surface area contributed by atoms with Gasteiger partial charge < -0.3 is 5.32 Å². The van der Waals surface area contributed by atoms with Crippen LogP contribution in [0.25, 0.3) is 0 Å². The van der Waals surface area contributed by atoms with Crippen molar-refractivity contribution in [1.82, 2.24) is 14.5 Å². The quantitative estimate of drug-likeness (QED) is 0.569. The van der Waals surface area contributed by atoms with E-state index in [1.807, 2.05) is 18.4 Å². The number of benzene rings is 1. The standard InChI is InChI=1S/C21H26N4O4S3/c1-15-14-25(19(26)10-5-11-22-20(27)18-9-6-12-30-18)21(31-15)23-16-7-4-8-17(13-16)32(28,29)24(2)3/h4,6-9,12-13,15H,5,10-11,14H2,1-3H3,(H,22,27). The van der Waals surface area contributed by atoms with Gasteiger partial charge in [-0.15, -0.1) is 11.3 Å². The largest absolute Gasteiger partial charge is 0.351 e. The van der Waals surface area contributed by atoms with Gasteiger partial charge in [0.1, 0.15) is 0 Å². The van der Waals surface area contributed by atoms with Crippen LogP contribution in [0, 0.1) is 0 Å². The van der Waals surface area contributed by atoms with Gasteiger partial charge in [0.25, 0.3) is 5.91 Å². The summed E-state index contributed by atoms with van der Waals surface area (Å²) in [5.74, 6) is -0.198. The topological polar surface area (TPSA) is 99.1 Å². The van der Waals surface area contributed by atoms with Gasteiger partial charge in [-0.25, -0.2) is 17.7 Å². The second-order valence-electron chi connectivity index (χ2n) is 7.45. The van der Waals surface area contributed by atoms with Crippen LogP contribution in [0.4, 0.5) is 5.69 Å². The third kappa shape index (κ3) is 5.97. The first-order valence-corrected chi connectivity index (χ1v) is 13.3. The maximum Gasteiger partial charge on any atom is 0.261 e. The van der Waals surface area contributed by atoms with Gasteiger partial charge in [0, 0.05) is 38.9 Å². The van der Waals surface area contributed by atoms with Crippen LogP contribution in [0.2, 0.25) is 0 Å². The van der Waals surface area contributed by atoms with Crippen LogP contribution >= 0.6 is 23.1 Å². The summed E-state index contributed by atoms with van der Waals surface area (Å²) in [6, 6.07) is 9.97. The molecule has 1 fully saturated rings. The molecule has 1 aliphatic heterocycles. The van der Waals surface area contributed by atoms with Gasteiger partial charge in [-0.1, -0.05) is 30.8 Å². The van der Waals surface area contributed by atoms with Crippen LogP contribution in [0.5, 0.6) is 0 Å². The minimum atomic E-state index is -3.57. The third-order valence-corrected chi connectivity index (χ3v) is 8.45. The van der Waals surface area contributed by atoms with E-state index in [0.717, 1.165) is 4.31 Å². The first-order chi connectivity index (χ1) is 15.2. The Kier molecular flexibility index (Phi) is 8.10.